The highest BCUT2D eigenvalue weighted by atomic mass is 16.5. The van der Waals surface area contributed by atoms with Gasteiger partial charge in [0, 0.05) is 38.7 Å². The summed E-state index contributed by atoms with van der Waals surface area (Å²) in [7, 11) is 1.73. The molecule has 0 radical (unpaired) electrons. The molecular weight excluding hydrogens is 178 g/mol. The summed E-state index contributed by atoms with van der Waals surface area (Å²) in [4.78, 5) is 4.29. The third kappa shape index (κ3) is 2.26. The maximum atomic E-state index is 4.98. The van der Waals surface area contributed by atoms with Gasteiger partial charge in [0.1, 0.15) is 0 Å². The predicted molar refractivity (Wildman–Crippen MR) is 55.5 cm³/mol. The van der Waals surface area contributed by atoms with E-state index in [0.29, 0.717) is 6.04 Å². The van der Waals surface area contributed by atoms with Gasteiger partial charge in [-0.1, -0.05) is 0 Å². The van der Waals surface area contributed by atoms with Gasteiger partial charge in [-0.15, -0.1) is 0 Å². The Kier molecular flexibility index (Phi) is 3.03. The van der Waals surface area contributed by atoms with Crippen molar-refractivity contribution < 1.29 is 4.74 Å². The van der Waals surface area contributed by atoms with Crippen LogP contribution in [0, 0.1) is 0 Å². The fourth-order valence-electron chi connectivity index (χ4n) is 1.51. The zero-order chi connectivity index (χ0) is 9.80. The second-order valence-electron chi connectivity index (χ2n) is 3.66. The number of nitrogens with one attached hydrogen (secondary N) is 1. The molecule has 1 aliphatic carbocycles. The van der Waals surface area contributed by atoms with Gasteiger partial charge in [0.15, 0.2) is 0 Å². The second-order valence-corrected chi connectivity index (χ2v) is 3.66. The van der Waals surface area contributed by atoms with Crippen molar-refractivity contribution in [1.29, 1.82) is 0 Å². The van der Waals surface area contributed by atoms with Crippen LogP contribution in [0.2, 0.25) is 0 Å². The molecule has 0 bridgehead atoms. The highest BCUT2D eigenvalue weighted by Gasteiger charge is 2.25. The molecule has 1 fully saturated rings. The fourth-order valence-corrected chi connectivity index (χ4v) is 1.51. The minimum absolute atomic E-state index is 0.697. The van der Waals surface area contributed by atoms with Gasteiger partial charge in [0.25, 0.3) is 0 Å². The summed E-state index contributed by atoms with van der Waals surface area (Å²) in [6.07, 6.45) is 7.52. The van der Waals surface area contributed by atoms with Crippen LogP contribution in [-0.4, -0.2) is 29.8 Å². The summed E-state index contributed by atoms with van der Waals surface area (Å²) >= 11 is 0. The van der Waals surface area contributed by atoms with E-state index in [-0.39, 0.29) is 0 Å². The van der Waals surface area contributed by atoms with Crippen molar-refractivity contribution in [2.24, 2.45) is 0 Å². The molecule has 0 unspecified atom stereocenters. The minimum atomic E-state index is 0.697. The zero-order valence-corrected chi connectivity index (χ0v) is 8.57. The number of aromatic nitrogens is 2. The number of methoxy groups -OCH3 is 1. The Bertz CT molecular complexity index is 281. The average molecular weight is 195 g/mol. The number of imidazole rings is 1. The molecule has 0 aliphatic heterocycles. The van der Waals surface area contributed by atoms with Crippen LogP contribution in [0.5, 0.6) is 0 Å². The number of nitrogens with zero attached hydrogens (tertiary/aromatic N) is 2. The largest absolute Gasteiger partial charge is 0.385 e. The lowest BCUT2D eigenvalue weighted by atomic mass is 10.4. The van der Waals surface area contributed by atoms with Gasteiger partial charge in [-0.25, -0.2) is 4.98 Å². The number of hydrogen-bond acceptors (Lipinski definition) is 3. The van der Waals surface area contributed by atoms with E-state index in [0.717, 1.165) is 25.5 Å². The standard InChI is InChI=1S/C10H17N3O/c1-14-8-2-5-11-10-12-6-7-13(10)9-3-4-9/h6-7,9H,2-5,8H2,1H3,(H,11,12). The third-order valence-electron chi connectivity index (χ3n) is 2.42. The molecule has 1 saturated carbocycles. The first-order valence-corrected chi connectivity index (χ1v) is 5.17. The van der Waals surface area contributed by atoms with E-state index in [1.807, 2.05) is 6.20 Å². The summed E-state index contributed by atoms with van der Waals surface area (Å²) in [5.74, 6) is 1.00. The van der Waals surface area contributed by atoms with E-state index < -0.39 is 0 Å². The molecule has 4 heteroatoms. The van der Waals surface area contributed by atoms with Crippen LogP contribution in [-0.2, 0) is 4.74 Å². The summed E-state index contributed by atoms with van der Waals surface area (Å²) < 4.78 is 7.21. The molecule has 0 amide bonds. The first-order valence-electron chi connectivity index (χ1n) is 5.17. The Morgan fingerprint density at radius 2 is 2.50 bits per heavy atom. The van der Waals surface area contributed by atoms with Crippen LogP contribution in [0.4, 0.5) is 5.95 Å². The third-order valence-corrected chi connectivity index (χ3v) is 2.42. The van der Waals surface area contributed by atoms with Crippen LogP contribution in [0.25, 0.3) is 0 Å². The van der Waals surface area contributed by atoms with Gasteiger partial charge < -0.3 is 14.6 Å². The summed E-state index contributed by atoms with van der Waals surface area (Å²) in [6, 6.07) is 0.697. The van der Waals surface area contributed by atoms with Crippen molar-refractivity contribution in [3.05, 3.63) is 12.4 Å². The van der Waals surface area contributed by atoms with Crippen LogP contribution in [0.1, 0.15) is 25.3 Å². The van der Waals surface area contributed by atoms with Crippen LogP contribution in [0.15, 0.2) is 12.4 Å². The van der Waals surface area contributed by atoms with Crippen molar-refractivity contribution in [3.8, 4) is 0 Å². The monoisotopic (exact) mass is 195 g/mol. The minimum Gasteiger partial charge on any atom is -0.385 e. The van der Waals surface area contributed by atoms with E-state index in [4.69, 9.17) is 4.74 Å². The van der Waals surface area contributed by atoms with E-state index in [1.165, 1.54) is 12.8 Å². The fraction of sp³-hybridized carbons (Fsp3) is 0.700. The first kappa shape index (κ1) is 9.52. The number of rotatable bonds is 6. The van der Waals surface area contributed by atoms with Crippen LogP contribution >= 0.6 is 0 Å². The Balaban J connectivity index is 1.80. The number of anilines is 1. The highest BCUT2D eigenvalue weighted by Crippen LogP contribution is 2.36. The molecule has 1 aliphatic rings. The van der Waals surface area contributed by atoms with Gasteiger partial charge in [-0.2, -0.15) is 0 Å². The van der Waals surface area contributed by atoms with E-state index in [2.05, 4.69) is 21.1 Å². The maximum absolute atomic E-state index is 4.98. The van der Waals surface area contributed by atoms with Gasteiger partial charge >= 0.3 is 0 Å². The van der Waals surface area contributed by atoms with Crippen molar-refractivity contribution in [1.82, 2.24) is 9.55 Å². The lowest BCUT2D eigenvalue weighted by molar-refractivity contribution is 0.197. The quantitative estimate of drug-likeness (QED) is 0.702. The molecule has 0 spiro atoms. The zero-order valence-electron chi connectivity index (χ0n) is 8.57. The molecule has 4 nitrogen and oxygen atoms in total. The molecule has 1 N–H and O–H groups in total. The van der Waals surface area contributed by atoms with Crippen molar-refractivity contribution in [2.75, 3.05) is 25.6 Å². The molecule has 1 aromatic rings. The molecule has 0 atom stereocenters. The van der Waals surface area contributed by atoms with E-state index in [9.17, 15) is 0 Å². The van der Waals surface area contributed by atoms with E-state index in [1.54, 1.807) is 7.11 Å². The Labute approximate surface area is 84.3 Å². The first-order chi connectivity index (χ1) is 6.92. The van der Waals surface area contributed by atoms with Crippen molar-refractivity contribution in [2.45, 2.75) is 25.3 Å². The maximum Gasteiger partial charge on any atom is 0.203 e. The molecule has 14 heavy (non-hydrogen) atoms. The topological polar surface area (TPSA) is 39.1 Å². The molecular formula is C10H17N3O. The molecule has 0 aromatic carbocycles. The van der Waals surface area contributed by atoms with E-state index >= 15 is 0 Å². The molecule has 0 saturated heterocycles. The Morgan fingerprint density at radius 3 is 3.21 bits per heavy atom. The lowest BCUT2D eigenvalue weighted by Gasteiger charge is -2.07. The second kappa shape index (κ2) is 4.46. The Morgan fingerprint density at radius 1 is 1.64 bits per heavy atom. The van der Waals surface area contributed by atoms with Crippen LogP contribution in [0.3, 0.4) is 0 Å². The SMILES string of the molecule is COCCCNc1nccn1C1CC1. The summed E-state index contributed by atoms with van der Waals surface area (Å²) in [5, 5.41) is 3.32. The predicted octanol–water partition coefficient (Wildman–Crippen LogP) is 1.67. The molecule has 1 aromatic heterocycles. The highest BCUT2D eigenvalue weighted by molar-refractivity contribution is 5.27. The number of hydrogen-bond donors (Lipinski definition) is 1. The van der Waals surface area contributed by atoms with Gasteiger partial charge in [0.2, 0.25) is 5.95 Å². The Hall–Kier alpha value is -1.03. The van der Waals surface area contributed by atoms with Crippen molar-refractivity contribution >= 4 is 5.95 Å². The van der Waals surface area contributed by atoms with Gasteiger partial charge in [0.05, 0.1) is 0 Å². The normalized spacial score (nSPS) is 15.8. The summed E-state index contributed by atoms with van der Waals surface area (Å²) in [5.41, 5.74) is 0. The van der Waals surface area contributed by atoms with Gasteiger partial charge in [-0.05, 0) is 19.3 Å². The molecule has 78 valence electrons. The lowest BCUT2D eigenvalue weighted by Crippen LogP contribution is -2.09. The molecule has 1 heterocycles. The van der Waals surface area contributed by atoms with Crippen molar-refractivity contribution in [3.63, 3.8) is 0 Å². The average Bonchev–Trinajstić information content (AvgIpc) is 2.94. The van der Waals surface area contributed by atoms with Gasteiger partial charge in [-0.3, -0.25) is 0 Å². The smallest absolute Gasteiger partial charge is 0.203 e. The summed E-state index contributed by atoms with van der Waals surface area (Å²) in [6.45, 7) is 1.73. The van der Waals surface area contributed by atoms with Crippen LogP contribution < -0.4 is 5.32 Å². The number of ether oxygens (including phenoxy) is 1. The molecule has 2 rings (SSSR count).